The van der Waals surface area contributed by atoms with E-state index in [-0.39, 0.29) is 29.7 Å². The summed E-state index contributed by atoms with van der Waals surface area (Å²) >= 11 is 0. The summed E-state index contributed by atoms with van der Waals surface area (Å²) in [6, 6.07) is 6.15. The molecule has 1 unspecified atom stereocenters. The molecule has 1 saturated heterocycles. The molecule has 1 fully saturated rings. The van der Waals surface area contributed by atoms with Gasteiger partial charge in [-0.25, -0.2) is 13.1 Å². The summed E-state index contributed by atoms with van der Waals surface area (Å²) in [6.07, 6.45) is 1.04. The monoisotopic (exact) mass is 540 g/mol. The van der Waals surface area contributed by atoms with Crippen LogP contribution in [0.1, 0.15) is 24.5 Å². The van der Waals surface area contributed by atoms with E-state index in [0.29, 0.717) is 38.1 Å². The van der Waals surface area contributed by atoms with Gasteiger partial charge in [-0.05, 0) is 31.9 Å². The third-order valence-electron chi connectivity index (χ3n) is 4.51. The van der Waals surface area contributed by atoms with E-state index in [9.17, 15) is 8.42 Å². The van der Waals surface area contributed by atoms with Crippen LogP contribution < -0.4 is 20.1 Å². The Hall–Kier alpha value is -1.11. The van der Waals surface area contributed by atoms with E-state index in [4.69, 9.17) is 9.47 Å². The first-order chi connectivity index (χ1) is 13.4. The van der Waals surface area contributed by atoms with Crippen LogP contribution in [-0.2, 0) is 21.3 Å². The van der Waals surface area contributed by atoms with Crippen molar-refractivity contribution in [2.24, 2.45) is 10.9 Å². The number of rotatable bonds is 10. The fourth-order valence-corrected chi connectivity index (χ4v) is 3.37. The normalized spacial score (nSPS) is 16.9. The van der Waals surface area contributed by atoms with E-state index in [0.717, 1.165) is 36.5 Å². The van der Waals surface area contributed by atoms with Gasteiger partial charge in [-0.15, -0.1) is 24.0 Å². The van der Waals surface area contributed by atoms with Gasteiger partial charge in [0.15, 0.2) is 5.96 Å². The molecule has 0 amide bonds. The van der Waals surface area contributed by atoms with Crippen molar-refractivity contribution in [2.45, 2.75) is 26.8 Å². The maximum atomic E-state index is 11.4. The van der Waals surface area contributed by atoms with Crippen molar-refractivity contribution in [3.8, 4) is 5.75 Å². The standard InChI is InChI=1S/C19H32N4O4S.HI/c1-4-28(24,25)23-9-8-21-19(20-3)22-12-17-6-5-15(2)11-18(17)27-14-16-7-10-26-13-16;/h5-6,11,16,23H,4,7-10,12-14H2,1-3H3,(H2,20,21,22);1H. The molecule has 1 aliphatic rings. The number of nitrogens with one attached hydrogen (secondary N) is 3. The topological polar surface area (TPSA) is 101 Å². The molecule has 10 heteroatoms. The lowest BCUT2D eigenvalue weighted by Crippen LogP contribution is -2.41. The first kappa shape index (κ1) is 25.9. The van der Waals surface area contributed by atoms with Gasteiger partial charge in [0, 0.05) is 44.8 Å². The summed E-state index contributed by atoms with van der Waals surface area (Å²) in [4.78, 5) is 4.17. The van der Waals surface area contributed by atoms with Crippen LogP contribution in [0, 0.1) is 12.8 Å². The molecule has 1 aromatic carbocycles. The van der Waals surface area contributed by atoms with Crippen LogP contribution in [0.25, 0.3) is 0 Å². The second kappa shape index (κ2) is 13.2. The Balaban J connectivity index is 0.00000420. The molecule has 1 heterocycles. The average molecular weight is 540 g/mol. The minimum absolute atomic E-state index is 0. The maximum absolute atomic E-state index is 11.4. The highest BCUT2D eigenvalue weighted by molar-refractivity contribution is 14.0. The number of sulfonamides is 1. The number of guanidine groups is 1. The lowest BCUT2D eigenvalue weighted by atomic mass is 10.1. The molecule has 0 bridgehead atoms. The van der Waals surface area contributed by atoms with Crippen molar-refractivity contribution >= 4 is 40.0 Å². The Bertz CT molecular complexity index is 753. The zero-order valence-electron chi connectivity index (χ0n) is 17.4. The van der Waals surface area contributed by atoms with Crippen LogP contribution in [0.4, 0.5) is 0 Å². The highest BCUT2D eigenvalue weighted by Gasteiger charge is 2.17. The number of halogens is 1. The SMILES string of the molecule is CCS(=O)(=O)NCCNC(=NC)NCc1ccc(C)cc1OCC1CCOC1.I. The van der Waals surface area contributed by atoms with Gasteiger partial charge in [-0.1, -0.05) is 12.1 Å². The number of benzene rings is 1. The molecule has 2 rings (SSSR count). The summed E-state index contributed by atoms with van der Waals surface area (Å²) in [7, 11) is -1.50. The summed E-state index contributed by atoms with van der Waals surface area (Å²) in [5, 5.41) is 6.34. The molecule has 0 aromatic heterocycles. The summed E-state index contributed by atoms with van der Waals surface area (Å²) in [5.41, 5.74) is 2.19. The molecule has 29 heavy (non-hydrogen) atoms. The third kappa shape index (κ3) is 9.49. The molecule has 1 aliphatic heterocycles. The van der Waals surface area contributed by atoms with Crippen LogP contribution in [0.3, 0.4) is 0 Å². The van der Waals surface area contributed by atoms with Crippen LogP contribution in [0.15, 0.2) is 23.2 Å². The fraction of sp³-hybridized carbons (Fsp3) is 0.632. The number of nitrogens with zero attached hydrogens (tertiary/aromatic N) is 1. The number of aryl methyl sites for hydroxylation is 1. The largest absolute Gasteiger partial charge is 0.493 e. The van der Waals surface area contributed by atoms with Gasteiger partial charge in [-0.2, -0.15) is 0 Å². The summed E-state index contributed by atoms with van der Waals surface area (Å²) in [5.74, 6) is 1.99. The molecule has 0 saturated carbocycles. The van der Waals surface area contributed by atoms with Crippen LogP contribution in [0.5, 0.6) is 5.75 Å². The van der Waals surface area contributed by atoms with Crippen molar-refractivity contribution in [1.29, 1.82) is 0 Å². The Morgan fingerprint density at radius 1 is 1.31 bits per heavy atom. The lowest BCUT2D eigenvalue weighted by molar-refractivity contribution is 0.166. The van der Waals surface area contributed by atoms with Crippen molar-refractivity contribution in [1.82, 2.24) is 15.4 Å². The molecule has 0 spiro atoms. The number of hydrogen-bond acceptors (Lipinski definition) is 5. The van der Waals surface area contributed by atoms with Gasteiger partial charge in [0.1, 0.15) is 5.75 Å². The minimum Gasteiger partial charge on any atom is -0.493 e. The van der Waals surface area contributed by atoms with Crippen LogP contribution in [0.2, 0.25) is 0 Å². The van der Waals surface area contributed by atoms with Crippen LogP contribution in [-0.4, -0.2) is 60.1 Å². The number of ether oxygens (including phenoxy) is 2. The molecule has 0 aliphatic carbocycles. The quantitative estimate of drug-likeness (QED) is 0.181. The first-order valence-electron chi connectivity index (χ1n) is 9.65. The van der Waals surface area contributed by atoms with Crippen molar-refractivity contribution in [3.63, 3.8) is 0 Å². The van der Waals surface area contributed by atoms with Gasteiger partial charge in [0.2, 0.25) is 10.0 Å². The highest BCUT2D eigenvalue weighted by Crippen LogP contribution is 2.22. The second-order valence-corrected chi connectivity index (χ2v) is 8.90. The molecule has 8 nitrogen and oxygen atoms in total. The fourth-order valence-electron chi connectivity index (χ4n) is 2.75. The molecule has 1 atom stereocenters. The first-order valence-corrected chi connectivity index (χ1v) is 11.3. The molecular formula is C19H33IN4O4S. The van der Waals surface area contributed by atoms with Gasteiger partial charge in [0.05, 0.1) is 19.0 Å². The number of aliphatic imine (C=N–C) groups is 1. The Labute approximate surface area is 191 Å². The molecule has 3 N–H and O–H groups in total. The lowest BCUT2D eigenvalue weighted by Gasteiger charge is -2.17. The van der Waals surface area contributed by atoms with Crippen LogP contribution >= 0.6 is 24.0 Å². The second-order valence-electron chi connectivity index (χ2n) is 6.80. The van der Waals surface area contributed by atoms with Gasteiger partial charge in [-0.3, -0.25) is 4.99 Å². The van der Waals surface area contributed by atoms with Crippen molar-refractivity contribution in [2.75, 3.05) is 45.7 Å². The Morgan fingerprint density at radius 2 is 2.10 bits per heavy atom. The van der Waals surface area contributed by atoms with E-state index >= 15 is 0 Å². The minimum atomic E-state index is -3.18. The average Bonchev–Trinajstić information content (AvgIpc) is 3.20. The van der Waals surface area contributed by atoms with Gasteiger partial charge >= 0.3 is 0 Å². The maximum Gasteiger partial charge on any atom is 0.211 e. The zero-order valence-corrected chi connectivity index (χ0v) is 20.5. The van der Waals surface area contributed by atoms with Crippen molar-refractivity contribution in [3.05, 3.63) is 29.3 Å². The van der Waals surface area contributed by atoms with Gasteiger partial charge in [0.25, 0.3) is 0 Å². The highest BCUT2D eigenvalue weighted by atomic mass is 127. The molecular weight excluding hydrogens is 507 g/mol. The van der Waals surface area contributed by atoms with Gasteiger partial charge < -0.3 is 20.1 Å². The van der Waals surface area contributed by atoms with E-state index in [1.54, 1.807) is 14.0 Å². The smallest absolute Gasteiger partial charge is 0.211 e. The molecule has 1 aromatic rings. The third-order valence-corrected chi connectivity index (χ3v) is 5.91. The molecule has 166 valence electrons. The van der Waals surface area contributed by atoms with E-state index < -0.39 is 10.0 Å². The number of hydrogen-bond donors (Lipinski definition) is 3. The zero-order chi connectivity index (χ0) is 20.4. The summed E-state index contributed by atoms with van der Waals surface area (Å²) < 4.78 is 36.9. The van der Waals surface area contributed by atoms with E-state index in [1.807, 2.05) is 19.1 Å². The van der Waals surface area contributed by atoms with E-state index in [2.05, 4.69) is 26.4 Å². The van der Waals surface area contributed by atoms with E-state index in [1.165, 1.54) is 0 Å². The predicted molar refractivity (Wildman–Crippen MR) is 127 cm³/mol. The van der Waals surface area contributed by atoms with Crippen molar-refractivity contribution < 1.29 is 17.9 Å². The Morgan fingerprint density at radius 3 is 2.76 bits per heavy atom. The summed E-state index contributed by atoms with van der Waals surface area (Å²) in [6.45, 7) is 7.18. The molecule has 0 radical (unpaired) electrons. The Kier molecular flexibility index (Phi) is 11.8. The predicted octanol–water partition coefficient (Wildman–Crippen LogP) is 1.63.